The van der Waals surface area contributed by atoms with Crippen molar-refractivity contribution in [2.45, 2.75) is 236 Å². The van der Waals surface area contributed by atoms with Crippen molar-refractivity contribution in [1.82, 2.24) is 31.9 Å². The van der Waals surface area contributed by atoms with E-state index in [1.165, 1.54) is 48.9 Å². The van der Waals surface area contributed by atoms with Gasteiger partial charge in [0.15, 0.2) is 0 Å². The normalized spacial score (nSPS) is 19.8. The van der Waals surface area contributed by atoms with E-state index in [1.807, 2.05) is 93.6 Å². The van der Waals surface area contributed by atoms with Crippen LogP contribution in [-0.4, -0.2) is 202 Å². The molecule has 5 heterocycles. The number of hydrogen-bond donors (Lipinski definition) is 15. The summed E-state index contributed by atoms with van der Waals surface area (Å²) in [5, 5.41) is 90.5. The molecule has 133 heavy (non-hydrogen) atoms. The van der Waals surface area contributed by atoms with Crippen molar-refractivity contribution in [3.8, 4) is 23.0 Å². The van der Waals surface area contributed by atoms with Crippen molar-refractivity contribution in [2.75, 3.05) is 52.7 Å². The number of carbonyl (C=O) groups excluding carboxylic acids is 3. The van der Waals surface area contributed by atoms with Crippen LogP contribution in [0.4, 0.5) is 44.7 Å². The summed E-state index contributed by atoms with van der Waals surface area (Å²) in [4.78, 5) is 35.8. The molecule has 2 radical (unpaired) electrons. The van der Waals surface area contributed by atoms with E-state index in [-0.39, 0.29) is 188 Å². The molecule has 16 atom stereocenters. The minimum Gasteiger partial charge on any atom is -0.490 e. The number of alkyl carbamates (subject to hydrolysis) is 2. The molecule has 8 aromatic rings. The molecule has 726 valence electrons. The predicted octanol–water partition coefficient (Wildman–Crippen LogP) is 9.42. The number of ether oxygens (including phenoxy) is 7. The number of hydrogen-bond acceptors (Lipinski definition) is 22. The van der Waals surface area contributed by atoms with Crippen LogP contribution in [-0.2, 0) is 70.4 Å². The van der Waals surface area contributed by atoms with Gasteiger partial charge in [-0.15, -0.1) is 0 Å². The van der Waals surface area contributed by atoms with E-state index in [1.54, 1.807) is 41.5 Å². The number of halogens is 8. The molecule has 1 fully saturated rings. The SMILES string of the molecule is CC(C)(C)OC(=O)N[C@@H](Cc1cc(F)cc(F)c1)[C@H]1CO1.CCc1ccc2c(c1)[C@H](N)[C@H](O)CO2.CCc1ccc2c(c1)[C@H](NC[C@@H](O)[C@@H](N)Cc1cc(F)cc(F)c1)[C@H](O)CO2.CCc1ccc2c(c1)[C@H](NC[C@@H](O)[C@H](Cc1cc(F)cc(F)c1)NC(=O)OC(C)(C)C)[C@H](O)CO2.CCc1ccc2c(c1)[C@H](NC[C@@H](O)[C@H](Cc1cc(F)cc(F)c1)NC(C)=O)[C@H](O)CO2.O.O.[Pr].[Pr]. The molecule has 3 amide bonds. The van der Waals surface area contributed by atoms with Crippen LogP contribution >= 0.6 is 0 Å². The number of aliphatic hydroxyl groups excluding tert-OH is 7. The van der Waals surface area contributed by atoms with Crippen molar-refractivity contribution < 1.29 is 212 Å². The zero-order chi connectivity index (χ0) is 94.3. The van der Waals surface area contributed by atoms with Gasteiger partial charge in [-0.2, -0.15) is 0 Å². The van der Waals surface area contributed by atoms with Crippen molar-refractivity contribution in [1.29, 1.82) is 0 Å². The van der Waals surface area contributed by atoms with Gasteiger partial charge in [0.25, 0.3) is 0 Å². The monoisotopic (exact) mass is 2130 g/mol. The van der Waals surface area contributed by atoms with Crippen LogP contribution in [0.5, 0.6) is 23.0 Å². The Morgan fingerprint density at radius 1 is 0.398 bits per heavy atom. The second kappa shape index (κ2) is 54.6. The van der Waals surface area contributed by atoms with Crippen molar-refractivity contribution in [2.24, 2.45) is 11.5 Å². The molecule has 0 aromatic heterocycles. The summed E-state index contributed by atoms with van der Waals surface area (Å²) in [6.07, 6.45) is -3.82. The molecule has 8 aromatic carbocycles. The third kappa shape index (κ3) is 37.1. The summed E-state index contributed by atoms with van der Waals surface area (Å²) in [7, 11) is 0. The Kier molecular flexibility index (Phi) is 47.7. The molecular formula is C96H126F8N8O19Pr2. The maximum absolute atomic E-state index is 13.7. The molecule has 1 saturated heterocycles. The second-order valence-corrected chi connectivity index (χ2v) is 34.6. The fourth-order valence-electron chi connectivity index (χ4n) is 15.0. The topological polar surface area (TPSA) is 448 Å². The Balaban J connectivity index is 0.000000299. The Bertz CT molecular complexity index is 4950. The van der Waals surface area contributed by atoms with Gasteiger partial charge in [-0.1, -0.05) is 76.2 Å². The Morgan fingerprint density at radius 2 is 0.677 bits per heavy atom. The molecule has 13 rings (SSSR count). The maximum Gasteiger partial charge on any atom is 0.407 e. The summed E-state index contributed by atoms with van der Waals surface area (Å²) in [6.45, 7) is 21.2. The summed E-state index contributed by atoms with van der Waals surface area (Å²) in [6, 6.07) is 31.6. The zero-order valence-electron chi connectivity index (χ0n) is 76.5. The van der Waals surface area contributed by atoms with Gasteiger partial charge in [-0.25, -0.2) is 44.7 Å². The van der Waals surface area contributed by atoms with Gasteiger partial charge in [0.1, 0.15) is 138 Å². The first kappa shape index (κ1) is 116. The molecule has 21 N–H and O–H groups in total. The predicted molar refractivity (Wildman–Crippen MR) is 476 cm³/mol. The number of nitrogens with two attached hydrogens (primary N) is 2. The van der Waals surface area contributed by atoms with Crippen LogP contribution in [0.15, 0.2) is 146 Å². The molecular weight excluding hydrogens is 2000 g/mol. The summed E-state index contributed by atoms with van der Waals surface area (Å²) in [5.41, 5.74) is 19.8. The molecule has 27 nitrogen and oxygen atoms in total. The fraction of sp³-hybridized carbons (Fsp3) is 0.469. The molecule has 37 heteroatoms. The molecule has 0 unspecified atom stereocenters. The second-order valence-electron chi connectivity index (χ2n) is 34.6. The summed E-state index contributed by atoms with van der Waals surface area (Å²) < 4.78 is 145. The van der Waals surface area contributed by atoms with E-state index >= 15 is 0 Å². The van der Waals surface area contributed by atoms with Crippen molar-refractivity contribution in [3.63, 3.8) is 0 Å². The quantitative estimate of drug-likeness (QED) is 0.0160. The molecule has 5 aliphatic rings. The Labute approximate surface area is 836 Å². The van der Waals surface area contributed by atoms with E-state index < -0.39 is 149 Å². The molecule has 0 aliphatic carbocycles. The number of benzene rings is 8. The first-order chi connectivity index (χ1) is 61.0. The van der Waals surface area contributed by atoms with E-state index in [0.29, 0.717) is 47.2 Å². The van der Waals surface area contributed by atoms with Crippen LogP contribution in [0.1, 0.15) is 167 Å². The third-order valence-corrected chi connectivity index (χ3v) is 21.7. The molecule has 0 bridgehead atoms. The smallest absolute Gasteiger partial charge is 0.407 e. The van der Waals surface area contributed by atoms with Crippen LogP contribution in [0.3, 0.4) is 0 Å². The average molecular weight is 2130 g/mol. The molecule has 5 aliphatic heterocycles. The fourth-order valence-corrected chi connectivity index (χ4v) is 15.0. The minimum absolute atomic E-state index is 0. The van der Waals surface area contributed by atoms with E-state index in [2.05, 4.69) is 38.8 Å². The van der Waals surface area contributed by atoms with Gasteiger partial charge < -0.3 is 123 Å². The van der Waals surface area contributed by atoms with Crippen molar-refractivity contribution >= 4 is 18.1 Å². The molecule has 0 saturated carbocycles. The standard InChI is InChI=1S/C26H34F2N2O5.C23H28F2N2O4.C21H26F2N2O3.C15H19F2NO3.C11H15NO2.2H2O.2Pr/c1-5-15-6-7-23-19(10-15)24(22(32)14-34-23)29-13-21(31)20(30-25(33)35-26(2,3)4)11-16-8-17(27)12-18(28)9-16;1-3-14-4-5-22-18(8-14)23(21(30)12-31-22)26-11-20(29)19(27-13(2)28)9-15-6-16(24)10-17(25)7-15;1-2-12-3-4-20-16(7-12)21(19(27)11-28-20)25-10-18(26)17(24)8-13-5-14(22)9-15(23)6-13;1-15(2,3)21-14(19)18-12(13-8-20-13)6-9-4-10(16)7-11(17)5-9;1-2-7-3-4-10-8(5-7)11(12)9(13)6-14-10;;;;/h6-10,12,20-22,24,29,31-32H,5,11,13-14H2,1-4H3,(H,30,33);4-8,10,19-21,23,26,29-30H,3,9,11-12H2,1-2H3,(H,27,28);3-7,9,17-19,21,25-27H,2,8,10-11,24H2,1H3;4-5,7,12-13H,6,8H2,1-3H3,(H,18,19);3-5,9,11,13H,2,6,12H2,1H3;2*1H2;;/t20-,21+,22+,24-;19-,20+,21+,23-;17-,18+,19+,21-;12-,13+;9-,11+;;;;/m00001..../s1. The van der Waals surface area contributed by atoms with Gasteiger partial charge in [-0.05, 0) is 210 Å². The number of aryl methyl sites for hydroxylation is 4. The van der Waals surface area contributed by atoms with Gasteiger partial charge in [-0.3, -0.25) is 4.79 Å². The van der Waals surface area contributed by atoms with Gasteiger partial charge in [0.2, 0.25) is 5.91 Å². The zero-order valence-corrected chi connectivity index (χ0v) is 83.9. The van der Waals surface area contributed by atoms with Crippen LogP contribution in [0, 0.1) is 129 Å². The van der Waals surface area contributed by atoms with E-state index in [9.17, 15) is 85.3 Å². The number of fused-ring (bicyclic) bond motifs is 4. The third-order valence-electron chi connectivity index (χ3n) is 21.7. The van der Waals surface area contributed by atoms with Crippen molar-refractivity contribution in [3.05, 3.63) is 259 Å². The van der Waals surface area contributed by atoms with Gasteiger partial charge >= 0.3 is 12.2 Å². The largest absolute Gasteiger partial charge is 0.490 e. The number of aliphatic hydroxyl groups is 7. The maximum atomic E-state index is 13.7. The average Bonchev–Trinajstić information content (AvgIpc) is 1.73. The first-order valence-electron chi connectivity index (χ1n) is 43.2. The van der Waals surface area contributed by atoms with Crippen LogP contribution in [0.25, 0.3) is 0 Å². The molecule has 0 spiro atoms. The van der Waals surface area contributed by atoms with Crippen LogP contribution in [0.2, 0.25) is 0 Å². The number of rotatable bonds is 28. The minimum atomic E-state index is -1.17. The first-order valence-corrected chi connectivity index (χ1v) is 43.2. The van der Waals surface area contributed by atoms with Gasteiger partial charge in [0, 0.05) is 162 Å². The summed E-state index contributed by atoms with van der Waals surface area (Å²) >= 11 is 0. The Hall–Kier alpha value is -7.46. The van der Waals surface area contributed by atoms with Crippen LogP contribution < -0.4 is 62.3 Å². The number of amides is 3. The Morgan fingerprint density at radius 3 is 0.985 bits per heavy atom. The summed E-state index contributed by atoms with van der Waals surface area (Å²) in [5.74, 6) is -3.13. The number of nitrogens with one attached hydrogen (secondary N) is 6. The van der Waals surface area contributed by atoms with Gasteiger partial charge in [0.05, 0.1) is 67.2 Å². The number of epoxide rings is 1. The van der Waals surface area contributed by atoms with E-state index in [0.717, 1.165) is 107 Å². The van der Waals surface area contributed by atoms with E-state index in [4.69, 9.17) is 44.6 Å². The number of carbonyl (C=O) groups is 3.